The van der Waals surface area contributed by atoms with Crippen molar-refractivity contribution in [2.45, 2.75) is 25.3 Å². The molecule has 2 N–H and O–H groups in total. The van der Waals surface area contributed by atoms with Crippen molar-refractivity contribution in [3.63, 3.8) is 0 Å². The summed E-state index contributed by atoms with van der Waals surface area (Å²) in [6.07, 6.45) is 3.73. The van der Waals surface area contributed by atoms with Crippen LogP contribution < -0.4 is 10.6 Å². The number of anilines is 1. The highest BCUT2D eigenvalue weighted by molar-refractivity contribution is 5.45. The molecule has 7 nitrogen and oxygen atoms in total. The number of hydrogen-bond acceptors (Lipinski definition) is 6. The lowest BCUT2D eigenvalue weighted by molar-refractivity contribution is 0.384. The maximum absolute atomic E-state index is 5.66. The monoisotopic (exact) mass is 233 g/mol. The second-order valence-corrected chi connectivity index (χ2v) is 4.28. The van der Waals surface area contributed by atoms with Crippen LogP contribution >= 0.6 is 0 Å². The highest BCUT2D eigenvalue weighted by Crippen LogP contribution is 2.27. The molecule has 0 aliphatic heterocycles. The van der Waals surface area contributed by atoms with E-state index in [1.165, 1.54) is 23.9 Å². The first-order valence-corrected chi connectivity index (χ1v) is 5.90. The van der Waals surface area contributed by atoms with Crippen LogP contribution in [0, 0.1) is 0 Å². The number of hydrogen-bond donors (Lipinski definition) is 1. The molecule has 1 aliphatic carbocycles. The standard InChI is InChI=1S/C10H15N7/c11-6-7-16(8-2-1-3-8)10-5-4-9-12-14-15-17(9)13-10/h4-5,8H,1-3,6-7,11H2. The van der Waals surface area contributed by atoms with Gasteiger partial charge >= 0.3 is 0 Å². The summed E-state index contributed by atoms with van der Waals surface area (Å²) < 4.78 is 1.46. The molecule has 0 bridgehead atoms. The lowest BCUT2D eigenvalue weighted by atomic mass is 9.91. The first-order chi connectivity index (χ1) is 8.38. The molecule has 0 unspecified atom stereocenters. The van der Waals surface area contributed by atoms with E-state index in [1.54, 1.807) is 0 Å². The zero-order valence-corrected chi connectivity index (χ0v) is 9.53. The summed E-state index contributed by atoms with van der Waals surface area (Å²) in [5.41, 5.74) is 6.32. The van der Waals surface area contributed by atoms with Crippen LogP contribution in [0.3, 0.4) is 0 Å². The number of nitrogens with zero attached hydrogens (tertiary/aromatic N) is 6. The molecule has 1 fully saturated rings. The van der Waals surface area contributed by atoms with Crippen molar-refractivity contribution in [2.24, 2.45) is 5.73 Å². The normalized spacial score (nSPS) is 16.1. The Morgan fingerprint density at radius 3 is 3.00 bits per heavy atom. The first kappa shape index (κ1) is 10.4. The van der Waals surface area contributed by atoms with Crippen LogP contribution in [0.4, 0.5) is 5.82 Å². The Labute approximate surface area is 98.6 Å². The van der Waals surface area contributed by atoms with Crippen molar-refractivity contribution >= 4 is 11.5 Å². The van der Waals surface area contributed by atoms with E-state index < -0.39 is 0 Å². The number of fused-ring (bicyclic) bond motifs is 1. The molecule has 3 rings (SSSR count). The summed E-state index contributed by atoms with van der Waals surface area (Å²) in [4.78, 5) is 2.25. The van der Waals surface area contributed by atoms with Crippen LogP contribution in [-0.4, -0.2) is 44.4 Å². The molecule has 2 aromatic rings. The zero-order valence-electron chi connectivity index (χ0n) is 9.53. The minimum absolute atomic E-state index is 0.569. The fourth-order valence-electron chi connectivity index (χ4n) is 2.12. The quantitative estimate of drug-likeness (QED) is 0.789. The lowest BCUT2D eigenvalue weighted by Gasteiger charge is -2.38. The van der Waals surface area contributed by atoms with E-state index in [4.69, 9.17) is 5.73 Å². The molecule has 0 radical (unpaired) electrons. The summed E-state index contributed by atoms with van der Waals surface area (Å²) in [6.45, 7) is 1.46. The Hall–Kier alpha value is -1.76. The fourth-order valence-corrected chi connectivity index (χ4v) is 2.12. The van der Waals surface area contributed by atoms with Gasteiger partial charge in [0.25, 0.3) is 0 Å². The van der Waals surface area contributed by atoms with Crippen molar-refractivity contribution in [1.29, 1.82) is 0 Å². The molecule has 1 aliphatic rings. The Balaban J connectivity index is 1.92. The minimum atomic E-state index is 0.569. The third kappa shape index (κ3) is 1.82. The molecule has 7 heteroatoms. The van der Waals surface area contributed by atoms with Crippen LogP contribution in [0.25, 0.3) is 5.65 Å². The smallest absolute Gasteiger partial charge is 0.200 e. The second-order valence-electron chi connectivity index (χ2n) is 4.28. The largest absolute Gasteiger partial charge is 0.351 e. The Bertz CT molecular complexity index is 504. The van der Waals surface area contributed by atoms with Gasteiger partial charge in [0.05, 0.1) is 0 Å². The summed E-state index contributed by atoms with van der Waals surface area (Å²) in [5.74, 6) is 0.903. The number of nitrogens with two attached hydrogens (primary N) is 1. The summed E-state index contributed by atoms with van der Waals surface area (Å²) in [6, 6.07) is 4.41. The van der Waals surface area contributed by atoms with E-state index in [2.05, 4.69) is 25.5 Å². The molecule has 0 spiro atoms. The topological polar surface area (TPSA) is 85.2 Å². The molecule has 0 amide bonds. The molecule has 17 heavy (non-hydrogen) atoms. The van der Waals surface area contributed by atoms with Crippen LogP contribution in [0.5, 0.6) is 0 Å². The second kappa shape index (κ2) is 4.25. The van der Waals surface area contributed by atoms with Crippen LogP contribution in [0.15, 0.2) is 12.1 Å². The maximum Gasteiger partial charge on any atom is 0.200 e. The van der Waals surface area contributed by atoms with Gasteiger partial charge in [-0.3, -0.25) is 0 Å². The number of rotatable bonds is 4. The van der Waals surface area contributed by atoms with Gasteiger partial charge in [-0.15, -0.1) is 14.8 Å². The average Bonchev–Trinajstić information content (AvgIpc) is 2.72. The van der Waals surface area contributed by atoms with Crippen molar-refractivity contribution in [1.82, 2.24) is 25.3 Å². The zero-order chi connectivity index (χ0) is 11.7. The van der Waals surface area contributed by atoms with Gasteiger partial charge in [-0.05, 0) is 41.8 Å². The Kier molecular flexibility index (Phi) is 2.60. The molecule has 2 aromatic heterocycles. The molecular formula is C10H15N7. The predicted molar refractivity (Wildman–Crippen MR) is 62.6 cm³/mol. The fraction of sp³-hybridized carbons (Fsp3) is 0.600. The molecule has 0 saturated heterocycles. The average molecular weight is 233 g/mol. The van der Waals surface area contributed by atoms with E-state index in [0.29, 0.717) is 18.2 Å². The Morgan fingerprint density at radius 1 is 1.41 bits per heavy atom. The summed E-state index contributed by atoms with van der Waals surface area (Å²) >= 11 is 0. The van der Waals surface area contributed by atoms with Crippen molar-refractivity contribution in [2.75, 3.05) is 18.0 Å². The third-order valence-corrected chi connectivity index (χ3v) is 3.24. The van der Waals surface area contributed by atoms with Gasteiger partial charge in [0.15, 0.2) is 11.5 Å². The summed E-state index contributed by atoms with van der Waals surface area (Å²) in [5, 5.41) is 15.6. The molecule has 0 aromatic carbocycles. The lowest BCUT2D eigenvalue weighted by Crippen LogP contribution is -2.43. The molecular weight excluding hydrogens is 218 g/mol. The number of aromatic nitrogens is 5. The number of tetrazole rings is 1. The van der Waals surface area contributed by atoms with E-state index in [1.807, 2.05) is 12.1 Å². The van der Waals surface area contributed by atoms with E-state index in [-0.39, 0.29) is 0 Å². The van der Waals surface area contributed by atoms with Gasteiger partial charge in [0.1, 0.15) is 0 Å². The molecule has 90 valence electrons. The van der Waals surface area contributed by atoms with Crippen LogP contribution in [0.2, 0.25) is 0 Å². The van der Waals surface area contributed by atoms with Crippen LogP contribution in [-0.2, 0) is 0 Å². The third-order valence-electron chi connectivity index (χ3n) is 3.24. The highest BCUT2D eigenvalue weighted by atomic mass is 15.6. The molecule has 2 heterocycles. The molecule has 1 saturated carbocycles. The first-order valence-electron chi connectivity index (χ1n) is 5.90. The van der Waals surface area contributed by atoms with Crippen molar-refractivity contribution in [3.05, 3.63) is 12.1 Å². The van der Waals surface area contributed by atoms with Gasteiger partial charge in [0, 0.05) is 19.1 Å². The van der Waals surface area contributed by atoms with Gasteiger partial charge in [-0.2, -0.15) is 0 Å². The van der Waals surface area contributed by atoms with Gasteiger partial charge in [-0.25, -0.2) is 0 Å². The minimum Gasteiger partial charge on any atom is -0.351 e. The highest BCUT2D eigenvalue weighted by Gasteiger charge is 2.25. The SMILES string of the molecule is NCCN(c1ccc2nnnn2n1)C1CCC1. The van der Waals surface area contributed by atoms with Gasteiger partial charge in [-0.1, -0.05) is 0 Å². The van der Waals surface area contributed by atoms with Crippen molar-refractivity contribution in [3.8, 4) is 0 Å². The van der Waals surface area contributed by atoms with E-state index >= 15 is 0 Å². The maximum atomic E-state index is 5.66. The van der Waals surface area contributed by atoms with Crippen molar-refractivity contribution < 1.29 is 0 Å². The Morgan fingerprint density at radius 2 is 2.29 bits per heavy atom. The molecule has 0 atom stereocenters. The van der Waals surface area contributed by atoms with Crippen LogP contribution in [0.1, 0.15) is 19.3 Å². The predicted octanol–water partition coefficient (Wildman–Crippen LogP) is -0.163. The van der Waals surface area contributed by atoms with E-state index in [0.717, 1.165) is 12.4 Å². The van der Waals surface area contributed by atoms with E-state index in [9.17, 15) is 0 Å². The van der Waals surface area contributed by atoms with Gasteiger partial charge in [0.2, 0.25) is 0 Å². The summed E-state index contributed by atoms with van der Waals surface area (Å²) in [7, 11) is 0. The van der Waals surface area contributed by atoms with Gasteiger partial charge < -0.3 is 10.6 Å².